The number of cyclic esters (lactones) is 2. The fourth-order valence-electron chi connectivity index (χ4n) is 6.35. The topological polar surface area (TPSA) is 256 Å². The number of nitrogens with zero attached hydrogens (tertiary/aromatic N) is 12. The molecular formula is C42H50F2I3N13O10. The molecule has 0 spiro atoms. The van der Waals surface area contributed by atoms with Crippen molar-refractivity contribution in [2.24, 2.45) is 15.9 Å². The Kier molecular flexibility index (Phi) is 24.0. The van der Waals surface area contributed by atoms with Crippen molar-refractivity contribution < 1.29 is 56.9 Å². The number of alkyl halides is 3. The van der Waals surface area contributed by atoms with Crippen molar-refractivity contribution in [1.29, 1.82) is 0 Å². The highest BCUT2D eigenvalue weighted by Crippen LogP contribution is 2.30. The smallest absolute Gasteiger partial charge is 0.414 e. The highest BCUT2D eigenvalue weighted by atomic mass is 127. The first-order valence-electron chi connectivity index (χ1n) is 21.2. The minimum absolute atomic E-state index is 0.152. The number of anilines is 4. The molecule has 2 aromatic carbocycles. The molecule has 0 unspecified atom stereocenters. The lowest BCUT2D eigenvalue weighted by Gasteiger charge is -2.27. The van der Waals surface area contributed by atoms with Crippen LogP contribution in [0.5, 0.6) is 0 Å². The summed E-state index contributed by atoms with van der Waals surface area (Å²) < 4.78 is 47.7. The molecule has 4 aromatic rings. The van der Waals surface area contributed by atoms with Crippen molar-refractivity contribution in [2.75, 3.05) is 78.6 Å². The van der Waals surface area contributed by atoms with Gasteiger partial charge in [-0.25, -0.2) is 43.2 Å². The van der Waals surface area contributed by atoms with E-state index in [1.54, 1.807) is 72.7 Å². The van der Waals surface area contributed by atoms with Gasteiger partial charge in [-0.2, -0.15) is 10.2 Å². The number of aromatic nitrogens is 4. The molecule has 23 nitrogen and oxygen atoms in total. The van der Waals surface area contributed by atoms with Gasteiger partial charge >= 0.3 is 24.2 Å². The highest BCUT2D eigenvalue weighted by Gasteiger charge is 2.34. The van der Waals surface area contributed by atoms with Crippen LogP contribution in [-0.2, 0) is 28.6 Å². The largest absolute Gasteiger partial charge is 0.466 e. The van der Waals surface area contributed by atoms with Gasteiger partial charge in [0.15, 0.2) is 0 Å². The van der Waals surface area contributed by atoms with Crippen molar-refractivity contribution in [3.05, 3.63) is 85.5 Å². The molecular weight excluding hydrogens is 1270 g/mol. The molecule has 4 amide bonds. The summed E-state index contributed by atoms with van der Waals surface area (Å²) in [6.45, 7) is 6.26. The van der Waals surface area contributed by atoms with Crippen LogP contribution < -0.4 is 25.3 Å². The standard InChI is InChI=1S/C18H21FN4O5.C14H16FN5O3.C7H6N4O.C2H6O.CHI3/c1-2-27-17(25)6-4-14-10-23(18(26)28-14)13-3-5-16(15(19)9-13)21-7-8-22(12-24)20-11-21;15-12-5-10(20-7-11(6-16)23-14(20)22)1-2-13(12)18-3-4-19(9-21)17-8-18;12-7(10-3-1-8-5-10)11-4-2-9-6-11;1-2-3;2-1(3)4/h3,5,9,11-12,14H,2,4,6-8,10H2,1H3;1-2,5,8-9,11H,3-4,6-7,16H2;1-6H;3H,2H2,1H3;1H/t14-;11-;;;/m00.../s1. The molecule has 378 valence electrons. The van der Waals surface area contributed by atoms with Crippen LogP contribution in [0.3, 0.4) is 0 Å². The molecule has 28 heteroatoms. The summed E-state index contributed by atoms with van der Waals surface area (Å²) in [5.41, 5.74) is 6.88. The molecule has 3 N–H and O–H groups in total. The second-order valence-electron chi connectivity index (χ2n) is 14.3. The van der Waals surface area contributed by atoms with E-state index in [4.69, 9.17) is 25.1 Å². The number of aliphatic hydroxyl groups is 1. The van der Waals surface area contributed by atoms with E-state index in [0.717, 1.165) is -0.0619 Å². The van der Waals surface area contributed by atoms with Crippen LogP contribution in [0.4, 0.5) is 45.9 Å². The van der Waals surface area contributed by atoms with Crippen LogP contribution in [0.25, 0.3) is 0 Å². The number of imidazole rings is 2. The number of carbonyl (C=O) groups excluding carboxylic acids is 6. The lowest BCUT2D eigenvalue weighted by atomic mass is 10.2. The number of aliphatic hydroxyl groups excluding tert-OH is 1. The number of halogens is 5. The lowest BCUT2D eigenvalue weighted by Crippen LogP contribution is -2.37. The summed E-state index contributed by atoms with van der Waals surface area (Å²) in [5.74, 6) is -1.35. The van der Waals surface area contributed by atoms with E-state index in [9.17, 15) is 37.5 Å². The van der Waals surface area contributed by atoms with Gasteiger partial charge in [0, 0.05) is 57.4 Å². The third kappa shape index (κ3) is 17.4. The van der Waals surface area contributed by atoms with E-state index in [2.05, 4.69) is 87.9 Å². The number of hydrogen-bond acceptors (Lipinski definition) is 17. The van der Waals surface area contributed by atoms with E-state index in [1.807, 2.05) is 0 Å². The Morgan fingerprint density at radius 3 is 1.59 bits per heavy atom. The maximum absolute atomic E-state index is 14.6. The number of rotatable bonds is 11. The molecule has 0 aliphatic carbocycles. The molecule has 8 rings (SSSR count). The summed E-state index contributed by atoms with van der Waals surface area (Å²) in [6.07, 6.45) is 11.7. The van der Waals surface area contributed by atoms with Crippen LogP contribution in [0, 0.1) is 11.6 Å². The van der Waals surface area contributed by atoms with Gasteiger partial charge in [-0.15, -0.1) is 0 Å². The predicted molar refractivity (Wildman–Crippen MR) is 279 cm³/mol. The molecule has 0 bridgehead atoms. The fraction of sp³-hybridized carbons (Fsp3) is 0.381. The van der Waals surface area contributed by atoms with Crippen molar-refractivity contribution in [3.8, 4) is 0 Å². The van der Waals surface area contributed by atoms with Gasteiger partial charge in [-0.3, -0.25) is 33.3 Å². The molecule has 2 fully saturated rings. The Labute approximate surface area is 441 Å². The molecule has 6 heterocycles. The number of carbonyl (C=O) groups is 6. The number of ether oxygens (including phenoxy) is 3. The van der Waals surface area contributed by atoms with Crippen LogP contribution in [-0.4, -0.2) is 155 Å². The molecule has 4 aliphatic heterocycles. The maximum atomic E-state index is 14.6. The molecule has 70 heavy (non-hydrogen) atoms. The number of amides is 4. The normalized spacial score (nSPS) is 16.9. The van der Waals surface area contributed by atoms with Crippen molar-refractivity contribution in [2.45, 2.75) is 38.8 Å². The molecule has 0 radical (unpaired) electrons. The Morgan fingerprint density at radius 2 is 1.24 bits per heavy atom. The quantitative estimate of drug-likeness (QED) is 0.0642. The van der Waals surface area contributed by atoms with Gasteiger partial charge in [0.2, 0.25) is 12.8 Å². The fourth-order valence-corrected chi connectivity index (χ4v) is 6.35. The summed E-state index contributed by atoms with van der Waals surface area (Å²) in [4.78, 5) is 81.4. The Bertz CT molecular complexity index is 2350. The number of nitrogens with two attached hydrogens (primary N) is 1. The van der Waals surface area contributed by atoms with Gasteiger partial charge in [0.25, 0.3) is 0 Å². The van der Waals surface area contributed by atoms with E-state index in [0.29, 0.717) is 81.3 Å². The zero-order chi connectivity index (χ0) is 51.2. The molecule has 2 atom stereocenters. The zero-order valence-electron chi connectivity index (χ0n) is 37.7. The van der Waals surface area contributed by atoms with Gasteiger partial charge in [0.1, 0.15) is 49.1 Å². The summed E-state index contributed by atoms with van der Waals surface area (Å²) in [7, 11) is 0. The predicted octanol–water partition coefficient (Wildman–Crippen LogP) is 5.22. The minimum atomic E-state index is -0.581. The summed E-state index contributed by atoms with van der Waals surface area (Å²) in [6, 6.07) is 8.71. The number of hydrogen-bond donors (Lipinski definition) is 2. The van der Waals surface area contributed by atoms with Crippen molar-refractivity contribution in [3.63, 3.8) is 0 Å². The monoisotopic (exact) mass is 1320 g/mol. The highest BCUT2D eigenvalue weighted by molar-refractivity contribution is 14.3. The summed E-state index contributed by atoms with van der Waals surface area (Å²) in [5, 5.41) is 17.8. The molecule has 0 saturated carbocycles. The first-order valence-corrected chi connectivity index (χ1v) is 24.9. The number of hydrazone groups is 2. The van der Waals surface area contributed by atoms with E-state index < -0.39 is 29.9 Å². The van der Waals surface area contributed by atoms with Gasteiger partial charge < -0.3 is 34.9 Å². The Hall–Kier alpha value is -5.61. The van der Waals surface area contributed by atoms with E-state index >= 15 is 0 Å². The summed E-state index contributed by atoms with van der Waals surface area (Å²) >= 11 is 6.95. The Morgan fingerprint density at radius 1 is 0.800 bits per heavy atom. The molecule has 4 aliphatic rings. The average Bonchev–Trinajstić information content (AvgIpc) is 4.21. The van der Waals surface area contributed by atoms with Gasteiger partial charge in [-0.05, 0) is 56.7 Å². The van der Waals surface area contributed by atoms with Crippen molar-refractivity contribution in [1.82, 2.24) is 29.1 Å². The van der Waals surface area contributed by atoms with Gasteiger partial charge in [-0.1, -0.05) is 67.8 Å². The zero-order valence-corrected chi connectivity index (χ0v) is 44.2. The van der Waals surface area contributed by atoms with E-state index in [1.165, 1.54) is 66.4 Å². The van der Waals surface area contributed by atoms with Crippen LogP contribution in [0.1, 0.15) is 26.7 Å². The average molecular weight is 1320 g/mol. The second kappa shape index (κ2) is 29.5. The maximum Gasteiger partial charge on any atom is 0.414 e. The number of esters is 1. The van der Waals surface area contributed by atoms with Crippen molar-refractivity contribution >= 4 is 140 Å². The first-order chi connectivity index (χ1) is 33.7. The SMILES string of the molecule is CCO.CCOC(=O)CC[C@H]1CN(c2ccc(N3C=NN(C=O)CC3)c(F)c2)C(=O)O1.IC(I)I.NC[C@H]1CN(c2ccc(N3C=NN(C=O)CC3)c(F)c2)C(=O)O1.O=C(n1ccnc1)n1ccnc1. The second-order valence-corrected chi connectivity index (χ2v) is 25.1. The molecule has 2 aromatic heterocycles. The van der Waals surface area contributed by atoms with Crippen LogP contribution in [0.2, 0.25) is 0 Å². The number of benzene rings is 2. The van der Waals surface area contributed by atoms with Gasteiger partial charge in [0.05, 0.1) is 55.5 Å². The van der Waals surface area contributed by atoms with E-state index in [-0.39, 0.29) is 44.2 Å². The molecule has 2 saturated heterocycles. The minimum Gasteiger partial charge on any atom is -0.466 e. The third-order valence-corrected chi connectivity index (χ3v) is 9.60. The third-order valence-electron chi connectivity index (χ3n) is 9.60. The Balaban J connectivity index is 0.000000226. The van der Waals surface area contributed by atoms with Crippen LogP contribution in [0.15, 0.2) is 84.0 Å². The lowest BCUT2D eigenvalue weighted by molar-refractivity contribution is -0.143. The van der Waals surface area contributed by atoms with Crippen LogP contribution >= 0.6 is 67.8 Å². The first kappa shape index (κ1) is 57.0.